The largest absolute Gasteiger partial charge is 0.392 e. The van der Waals surface area contributed by atoms with Crippen molar-refractivity contribution in [3.8, 4) is 11.3 Å². The number of nitrogen functional groups attached to an aromatic ring is 1. The number of fused-ring (bicyclic) bond motifs is 1. The van der Waals surface area contributed by atoms with Crippen LogP contribution >= 0.6 is 11.3 Å². The Balaban J connectivity index is 1.91. The quantitative estimate of drug-likeness (QED) is 0.591. The van der Waals surface area contributed by atoms with E-state index in [1.807, 2.05) is 52.4 Å². The van der Waals surface area contributed by atoms with E-state index < -0.39 is 0 Å². The second-order valence-corrected chi connectivity index (χ2v) is 6.27. The molecule has 3 aromatic heterocycles. The van der Waals surface area contributed by atoms with Crippen molar-refractivity contribution in [1.29, 1.82) is 0 Å². The van der Waals surface area contributed by atoms with Gasteiger partial charge in [0, 0.05) is 28.9 Å². The van der Waals surface area contributed by atoms with Crippen LogP contribution < -0.4 is 5.73 Å². The number of rotatable bonds is 4. The van der Waals surface area contributed by atoms with Crippen LogP contribution in [0, 0.1) is 0 Å². The van der Waals surface area contributed by atoms with Gasteiger partial charge in [-0.15, -0.1) is 11.3 Å². The van der Waals surface area contributed by atoms with Crippen LogP contribution in [0.1, 0.15) is 11.4 Å². The number of imidazole rings is 1. The first kappa shape index (κ1) is 15.5. The minimum Gasteiger partial charge on any atom is -0.392 e. The van der Waals surface area contributed by atoms with Crippen LogP contribution in [0.2, 0.25) is 0 Å². The summed E-state index contributed by atoms with van der Waals surface area (Å²) in [7, 11) is 0. The van der Waals surface area contributed by atoms with Crippen molar-refractivity contribution in [2.75, 3.05) is 12.3 Å². The third-order valence-electron chi connectivity index (χ3n) is 3.83. The van der Waals surface area contributed by atoms with Crippen molar-refractivity contribution in [2.24, 2.45) is 0 Å². The van der Waals surface area contributed by atoms with Crippen LogP contribution in [0.5, 0.6) is 0 Å². The number of aliphatic hydroxyl groups excluding tert-OH is 1. The van der Waals surface area contributed by atoms with Gasteiger partial charge in [0.05, 0.1) is 23.7 Å². The topological polar surface area (TPSA) is 89.3 Å². The van der Waals surface area contributed by atoms with E-state index in [2.05, 4.69) is 9.97 Å². The number of aromatic nitrogens is 4. The third-order valence-corrected chi connectivity index (χ3v) is 4.59. The molecule has 0 bridgehead atoms. The molecule has 0 spiro atoms. The lowest BCUT2D eigenvalue weighted by Gasteiger charge is -2.06. The Morgan fingerprint density at radius 2 is 2.04 bits per heavy atom. The Hall–Kier alpha value is -3.03. The first-order chi connectivity index (χ1) is 12.3. The summed E-state index contributed by atoms with van der Waals surface area (Å²) in [5.41, 5.74) is 9.69. The highest BCUT2D eigenvalue weighted by atomic mass is 32.1. The number of nitrogens with two attached hydrogens (primary N) is 1. The first-order valence-electron chi connectivity index (χ1n) is 7.67. The van der Waals surface area contributed by atoms with Gasteiger partial charge in [-0.1, -0.05) is 30.3 Å². The van der Waals surface area contributed by atoms with E-state index >= 15 is 0 Å². The minimum absolute atomic E-state index is 0.165. The highest BCUT2D eigenvalue weighted by Gasteiger charge is 2.15. The summed E-state index contributed by atoms with van der Waals surface area (Å²) in [4.78, 5) is 13.7. The zero-order valence-corrected chi connectivity index (χ0v) is 14.0. The highest BCUT2D eigenvalue weighted by Crippen LogP contribution is 2.29. The fourth-order valence-electron chi connectivity index (χ4n) is 2.67. The molecule has 0 unspecified atom stereocenters. The summed E-state index contributed by atoms with van der Waals surface area (Å²) in [6, 6.07) is 11.7. The molecule has 0 radical (unpaired) electrons. The Kier molecular flexibility index (Phi) is 4.01. The predicted molar refractivity (Wildman–Crippen MR) is 99.9 cm³/mol. The van der Waals surface area contributed by atoms with Gasteiger partial charge in [0.15, 0.2) is 4.96 Å². The van der Waals surface area contributed by atoms with E-state index in [4.69, 9.17) is 10.7 Å². The molecule has 0 saturated carbocycles. The molecule has 7 heteroatoms. The zero-order chi connectivity index (χ0) is 17.2. The van der Waals surface area contributed by atoms with Crippen LogP contribution in [0.15, 0.2) is 54.2 Å². The molecule has 0 aliphatic heterocycles. The molecule has 4 aromatic rings. The molecular weight excluding hydrogens is 334 g/mol. The lowest BCUT2D eigenvalue weighted by Crippen LogP contribution is -2.00. The van der Waals surface area contributed by atoms with Gasteiger partial charge in [0.1, 0.15) is 0 Å². The normalized spacial score (nSPS) is 12.0. The van der Waals surface area contributed by atoms with E-state index in [0.29, 0.717) is 11.3 Å². The Labute approximate surface area is 148 Å². The lowest BCUT2D eigenvalue weighted by molar-refractivity contribution is 0.350. The molecule has 0 aliphatic rings. The smallest absolute Gasteiger partial charge is 0.220 e. The van der Waals surface area contributed by atoms with E-state index in [9.17, 15) is 5.11 Å². The summed E-state index contributed by atoms with van der Waals surface area (Å²) in [6.45, 7) is -0.165. The predicted octanol–water partition coefficient (Wildman–Crippen LogP) is 2.97. The van der Waals surface area contributed by atoms with Gasteiger partial charge in [-0.3, -0.25) is 4.40 Å². The Morgan fingerprint density at radius 3 is 2.80 bits per heavy atom. The van der Waals surface area contributed by atoms with Gasteiger partial charge in [-0.05, 0) is 12.1 Å². The van der Waals surface area contributed by atoms with Crippen molar-refractivity contribution in [3.05, 3.63) is 65.6 Å². The van der Waals surface area contributed by atoms with Crippen LogP contribution in [0.25, 0.3) is 27.9 Å². The third kappa shape index (κ3) is 2.90. The van der Waals surface area contributed by atoms with Crippen molar-refractivity contribution in [3.63, 3.8) is 0 Å². The zero-order valence-electron chi connectivity index (χ0n) is 13.2. The molecule has 0 saturated heterocycles. The summed E-state index contributed by atoms with van der Waals surface area (Å²) in [5, 5.41) is 11.8. The number of anilines is 1. The second-order valence-electron chi connectivity index (χ2n) is 5.40. The van der Waals surface area contributed by atoms with E-state index in [1.54, 1.807) is 23.6 Å². The minimum atomic E-state index is -0.165. The van der Waals surface area contributed by atoms with E-state index in [-0.39, 0.29) is 12.6 Å². The molecule has 124 valence electrons. The molecule has 0 atom stereocenters. The summed E-state index contributed by atoms with van der Waals surface area (Å²) < 4.78 is 2.01. The number of hydrogen-bond donors (Lipinski definition) is 2. The van der Waals surface area contributed by atoms with Gasteiger partial charge in [0.25, 0.3) is 0 Å². The molecule has 3 N–H and O–H groups in total. The molecular formula is C18H15N5OS. The van der Waals surface area contributed by atoms with E-state index in [1.165, 1.54) is 0 Å². The number of benzene rings is 1. The van der Waals surface area contributed by atoms with Crippen LogP contribution in [0.4, 0.5) is 5.95 Å². The molecule has 0 aliphatic carbocycles. The summed E-state index contributed by atoms with van der Waals surface area (Å²) >= 11 is 1.56. The van der Waals surface area contributed by atoms with Gasteiger partial charge in [-0.25, -0.2) is 15.0 Å². The van der Waals surface area contributed by atoms with Crippen molar-refractivity contribution >= 4 is 33.9 Å². The molecule has 3 heterocycles. The van der Waals surface area contributed by atoms with Crippen molar-refractivity contribution < 1.29 is 5.11 Å². The Bertz CT molecular complexity index is 1050. The lowest BCUT2D eigenvalue weighted by atomic mass is 10.1. The van der Waals surface area contributed by atoms with Gasteiger partial charge in [0.2, 0.25) is 5.95 Å². The fourth-order valence-corrected chi connectivity index (χ4v) is 3.39. The SMILES string of the molecule is Nc1nccc(/C(=C/c2c(-c3ccccc3)nc3sccn23)CO)n1. The summed E-state index contributed by atoms with van der Waals surface area (Å²) in [5.74, 6) is 0.175. The first-order valence-corrected chi connectivity index (χ1v) is 8.55. The van der Waals surface area contributed by atoms with Crippen LogP contribution in [-0.2, 0) is 0 Å². The van der Waals surface area contributed by atoms with E-state index in [0.717, 1.165) is 21.9 Å². The second kappa shape index (κ2) is 6.46. The molecule has 6 nitrogen and oxygen atoms in total. The van der Waals surface area contributed by atoms with Crippen LogP contribution in [0.3, 0.4) is 0 Å². The highest BCUT2D eigenvalue weighted by molar-refractivity contribution is 7.15. The number of thiazole rings is 1. The Morgan fingerprint density at radius 1 is 1.20 bits per heavy atom. The number of aliphatic hydroxyl groups is 1. The average molecular weight is 349 g/mol. The van der Waals surface area contributed by atoms with Crippen molar-refractivity contribution in [2.45, 2.75) is 0 Å². The fraction of sp³-hybridized carbons (Fsp3) is 0.0556. The monoisotopic (exact) mass is 349 g/mol. The maximum atomic E-state index is 9.86. The maximum Gasteiger partial charge on any atom is 0.220 e. The average Bonchev–Trinajstić information content (AvgIpc) is 3.22. The van der Waals surface area contributed by atoms with Gasteiger partial charge < -0.3 is 10.8 Å². The molecule has 1 aromatic carbocycles. The number of nitrogens with zero attached hydrogens (tertiary/aromatic N) is 4. The number of hydrogen-bond acceptors (Lipinski definition) is 6. The molecule has 25 heavy (non-hydrogen) atoms. The molecule has 0 fully saturated rings. The van der Waals surface area contributed by atoms with Crippen LogP contribution in [-0.4, -0.2) is 31.1 Å². The van der Waals surface area contributed by atoms with Gasteiger partial charge >= 0.3 is 0 Å². The standard InChI is InChI=1S/C18H15N5OS/c19-17-20-7-6-14(21-17)13(11-24)10-15-16(12-4-2-1-3-5-12)22-18-23(15)8-9-25-18/h1-10,24H,11H2,(H2,19,20,21)/b13-10+. The van der Waals surface area contributed by atoms with Gasteiger partial charge in [-0.2, -0.15) is 0 Å². The maximum absolute atomic E-state index is 9.86. The molecule has 0 amide bonds. The van der Waals surface area contributed by atoms with Crippen molar-refractivity contribution in [1.82, 2.24) is 19.4 Å². The molecule has 4 rings (SSSR count). The summed E-state index contributed by atoms with van der Waals surface area (Å²) in [6.07, 6.45) is 5.45.